The van der Waals surface area contributed by atoms with E-state index in [-0.39, 0.29) is 11.9 Å². The van der Waals surface area contributed by atoms with Gasteiger partial charge in [0.1, 0.15) is 0 Å². The standard InChI is InChI=1S/C15H32N2O4Si2/c1-16-11-15(12-21-23(6,7)8,9-10-20-22(3,4)5)13(18)17(2)14(16)19/h9-12H2,1-8H3. The van der Waals surface area contributed by atoms with Gasteiger partial charge in [0.2, 0.25) is 5.91 Å². The monoisotopic (exact) mass is 360 g/mol. The number of carbonyl (C=O) groups is 2. The molecule has 1 atom stereocenters. The summed E-state index contributed by atoms with van der Waals surface area (Å²) in [6.45, 7) is 13.9. The van der Waals surface area contributed by atoms with Crippen molar-refractivity contribution in [1.29, 1.82) is 0 Å². The average Bonchev–Trinajstić information content (AvgIpc) is 2.38. The Bertz CT molecular complexity index is 459. The van der Waals surface area contributed by atoms with E-state index in [1.54, 1.807) is 19.0 Å². The average molecular weight is 361 g/mol. The molecule has 0 saturated carbocycles. The van der Waals surface area contributed by atoms with Crippen LogP contribution < -0.4 is 0 Å². The van der Waals surface area contributed by atoms with E-state index in [1.807, 2.05) is 0 Å². The van der Waals surface area contributed by atoms with E-state index in [9.17, 15) is 9.59 Å². The van der Waals surface area contributed by atoms with Gasteiger partial charge in [0, 0.05) is 27.2 Å². The van der Waals surface area contributed by atoms with Gasteiger partial charge in [0.15, 0.2) is 16.6 Å². The molecule has 1 heterocycles. The molecule has 1 rings (SSSR count). The van der Waals surface area contributed by atoms with Crippen molar-refractivity contribution in [2.75, 3.05) is 33.9 Å². The molecule has 1 fully saturated rings. The van der Waals surface area contributed by atoms with Gasteiger partial charge in [-0.25, -0.2) is 4.79 Å². The van der Waals surface area contributed by atoms with Crippen molar-refractivity contribution in [1.82, 2.24) is 9.80 Å². The predicted octanol–water partition coefficient (Wildman–Crippen LogP) is 2.59. The molecule has 1 unspecified atom stereocenters. The lowest BCUT2D eigenvalue weighted by Gasteiger charge is -2.44. The predicted molar refractivity (Wildman–Crippen MR) is 96.4 cm³/mol. The molecule has 6 nitrogen and oxygen atoms in total. The Morgan fingerprint density at radius 1 is 1.00 bits per heavy atom. The van der Waals surface area contributed by atoms with Crippen molar-refractivity contribution in [2.45, 2.75) is 45.7 Å². The van der Waals surface area contributed by atoms with Crippen LogP contribution in [0.4, 0.5) is 4.79 Å². The van der Waals surface area contributed by atoms with Crippen molar-refractivity contribution < 1.29 is 18.4 Å². The largest absolute Gasteiger partial charge is 0.418 e. The molecular weight excluding hydrogens is 328 g/mol. The Kier molecular flexibility index (Phi) is 6.23. The first kappa shape index (κ1) is 20.3. The van der Waals surface area contributed by atoms with Crippen molar-refractivity contribution in [3.05, 3.63) is 0 Å². The quantitative estimate of drug-likeness (QED) is 0.655. The summed E-state index contributed by atoms with van der Waals surface area (Å²) >= 11 is 0. The molecule has 1 aliphatic rings. The first-order valence-corrected chi connectivity index (χ1v) is 14.9. The smallest absolute Gasteiger partial charge is 0.326 e. The molecule has 0 aromatic heterocycles. The van der Waals surface area contributed by atoms with Gasteiger partial charge < -0.3 is 13.8 Å². The van der Waals surface area contributed by atoms with E-state index in [0.717, 1.165) is 0 Å². The molecule has 0 spiro atoms. The summed E-state index contributed by atoms with van der Waals surface area (Å²) < 4.78 is 12.0. The van der Waals surface area contributed by atoms with Gasteiger partial charge in [0.25, 0.3) is 0 Å². The second-order valence-electron chi connectivity index (χ2n) is 8.40. The van der Waals surface area contributed by atoms with Gasteiger partial charge in [-0.1, -0.05) is 0 Å². The Labute approximate surface area is 142 Å². The SMILES string of the molecule is CN1CC(CCO[Si](C)(C)C)(CO[Si](C)(C)C)C(=O)N(C)C1=O. The molecule has 3 amide bonds. The summed E-state index contributed by atoms with van der Waals surface area (Å²) in [5, 5.41) is 0. The lowest BCUT2D eigenvalue weighted by Crippen LogP contribution is -2.62. The number of imide groups is 1. The van der Waals surface area contributed by atoms with E-state index < -0.39 is 22.0 Å². The molecule has 1 saturated heterocycles. The van der Waals surface area contributed by atoms with Crippen LogP contribution in [0.15, 0.2) is 0 Å². The molecule has 0 aromatic rings. The summed E-state index contributed by atoms with van der Waals surface area (Å²) in [5.74, 6) is -0.155. The zero-order chi connectivity index (χ0) is 18.1. The van der Waals surface area contributed by atoms with Crippen LogP contribution >= 0.6 is 0 Å². The normalized spacial score (nSPS) is 23.7. The Morgan fingerprint density at radius 2 is 1.52 bits per heavy atom. The van der Waals surface area contributed by atoms with Gasteiger partial charge in [-0.2, -0.15) is 0 Å². The third kappa shape index (κ3) is 5.70. The molecule has 0 N–H and O–H groups in total. The van der Waals surface area contributed by atoms with Crippen molar-refractivity contribution >= 4 is 28.6 Å². The molecule has 0 aliphatic carbocycles. The van der Waals surface area contributed by atoms with Crippen molar-refractivity contribution in [3.63, 3.8) is 0 Å². The molecule has 0 bridgehead atoms. The summed E-state index contributed by atoms with van der Waals surface area (Å²) in [6.07, 6.45) is 0.572. The Hall–Kier alpha value is -0.706. The first-order chi connectivity index (χ1) is 10.3. The summed E-state index contributed by atoms with van der Waals surface area (Å²) in [5.41, 5.74) is -0.711. The van der Waals surface area contributed by atoms with Crippen LogP contribution in [0.5, 0.6) is 0 Å². The first-order valence-electron chi connectivity index (χ1n) is 8.09. The second-order valence-corrected chi connectivity index (χ2v) is 17.4. The minimum absolute atomic E-state index is 0.155. The van der Waals surface area contributed by atoms with E-state index >= 15 is 0 Å². The number of rotatable bonds is 7. The van der Waals surface area contributed by atoms with Crippen LogP contribution in [0.25, 0.3) is 0 Å². The van der Waals surface area contributed by atoms with Crippen LogP contribution in [0.3, 0.4) is 0 Å². The second kappa shape index (κ2) is 7.04. The fraction of sp³-hybridized carbons (Fsp3) is 0.867. The van der Waals surface area contributed by atoms with E-state index in [0.29, 0.717) is 26.2 Å². The van der Waals surface area contributed by atoms with Crippen LogP contribution in [0.2, 0.25) is 39.3 Å². The number of urea groups is 1. The third-order valence-electron chi connectivity index (χ3n) is 3.81. The lowest BCUT2D eigenvalue weighted by molar-refractivity contribution is -0.146. The lowest BCUT2D eigenvalue weighted by atomic mass is 9.82. The number of amides is 3. The highest BCUT2D eigenvalue weighted by Gasteiger charge is 2.48. The number of hydrogen-bond acceptors (Lipinski definition) is 4. The number of nitrogens with zero attached hydrogens (tertiary/aromatic N) is 2. The Morgan fingerprint density at radius 3 is 2.00 bits per heavy atom. The molecule has 0 aromatic carbocycles. The van der Waals surface area contributed by atoms with E-state index in [4.69, 9.17) is 8.85 Å². The van der Waals surface area contributed by atoms with E-state index in [2.05, 4.69) is 39.3 Å². The van der Waals surface area contributed by atoms with Gasteiger partial charge in [0.05, 0.1) is 12.0 Å². The highest BCUT2D eigenvalue weighted by molar-refractivity contribution is 6.70. The van der Waals surface area contributed by atoms with Crippen LogP contribution in [-0.4, -0.2) is 72.2 Å². The summed E-state index contributed by atoms with van der Waals surface area (Å²) in [4.78, 5) is 27.7. The molecular formula is C15H32N2O4Si2. The van der Waals surface area contributed by atoms with Crippen LogP contribution in [0.1, 0.15) is 6.42 Å². The van der Waals surface area contributed by atoms with Crippen LogP contribution in [-0.2, 0) is 13.6 Å². The topological polar surface area (TPSA) is 59.1 Å². The molecule has 1 aliphatic heterocycles. The van der Waals surface area contributed by atoms with Crippen molar-refractivity contribution in [2.24, 2.45) is 5.41 Å². The van der Waals surface area contributed by atoms with Gasteiger partial charge in [-0.15, -0.1) is 0 Å². The molecule has 8 heteroatoms. The number of hydrogen-bond donors (Lipinski definition) is 0. The maximum atomic E-state index is 12.8. The van der Waals surface area contributed by atoms with Crippen molar-refractivity contribution in [3.8, 4) is 0 Å². The fourth-order valence-electron chi connectivity index (χ4n) is 2.56. The molecule has 0 radical (unpaired) electrons. The van der Waals surface area contributed by atoms with Crippen LogP contribution in [0, 0.1) is 5.41 Å². The minimum atomic E-state index is -1.76. The van der Waals surface area contributed by atoms with Gasteiger partial charge in [-0.3, -0.25) is 9.69 Å². The minimum Gasteiger partial charge on any atom is -0.418 e. The highest BCUT2D eigenvalue weighted by atomic mass is 28.4. The fourth-order valence-corrected chi connectivity index (χ4v) is 3.98. The van der Waals surface area contributed by atoms with Gasteiger partial charge in [-0.05, 0) is 45.7 Å². The summed E-state index contributed by atoms with van der Waals surface area (Å²) in [6, 6.07) is -0.259. The summed E-state index contributed by atoms with van der Waals surface area (Å²) in [7, 11) is -0.128. The van der Waals surface area contributed by atoms with E-state index in [1.165, 1.54) is 4.90 Å². The molecule has 23 heavy (non-hydrogen) atoms. The zero-order valence-corrected chi connectivity index (χ0v) is 17.9. The third-order valence-corrected chi connectivity index (χ3v) is 5.89. The number of carbonyl (C=O) groups excluding carboxylic acids is 2. The maximum Gasteiger partial charge on any atom is 0.326 e. The van der Waals surface area contributed by atoms with Gasteiger partial charge >= 0.3 is 6.03 Å². The molecule has 134 valence electrons. The highest BCUT2D eigenvalue weighted by Crippen LogP contribution is 2.32. The Balaban J connectivity index is 2.95. The maximum absolute atomic E-state index is 12.8. The zero-order valence-electron chi connectivity index (χ0n) is 15.9.